The molecule has 0 aromatic heterocycles. The first-order chi connectivity index (χ1) is 14.9. The molecule has 2 heterocycles. The molecule has 31 heavy (non-hydrogen) atoms. The monoisotopic (exact) mass is 448 g/mol. The van der Waals surface area contributed by atoms with Crippen molar-refractivity contribution < 1.29 is 22.3 Å². The molecule has 2 aromatic rings. The Kier molecular flexibility index (Phi) is 6.35. The van der Waals surface area contributed by atoms with Crippen LogP contribution in [0.15, 0.2) is 41.3 Å². The van der Waals surface area contributed by atoms with Crippen molar-refractivity contribution in [2.45, 2.75) is 49.6 Å². The van der Waals surface area contributed by atoms with E-state index in [4.69, 9.17) is 15.2 Å². The Balaban J connectivity index is 1.67. The zero-order valence-electron chi connectivity index (χ0n) is 17.8. The molecule has 2 saturated heterocycles. The van der Waals surface area contributed by atoms with E-state index in [2.05, 4.69) is 0 Å². The molecule has 2 N–H and O–H groups in total. The van der Waals surface area contributed by atoms with E-state index in [0.29, 0.717) is 55.0 Å². The summed E-state index contributed by atoms with van der Waals surface area (Å²) in [5, 5.41) is 0. The summed E-state index contributed by atoms with van der Waals surface area (Å²) in [7, 11) is -3.78. The molecule has 0 bridgehead atoms. The van der Waals surface area contributed by atoms with Crippen molar-refractivity contribution in [1.82, 2.24) is 4.31 Å². The van der Waals surface area contributed by atoms with Crippen LogP contribution in [-0.4, -0.2) is 44.6 Å². The SMILES string of the molecule is CCOc1ccc(-c2ccc(CN)c(F)c2)cc1S(=O)(=O)N1CCC2(CCCO2)CC1. The third kappa shape index (κ3) is 4.35. The van der Waals surface area contributed by atoms with E-state index in [1.54, 1.807) is 30.3 Å². The van der Waals surface area contributed by atoms with Crippen molar-refractivity contribution in [3.05, 3.63) is 47.8 Å². The summed E-state index contributed by atoms with van der Waals surface area (Å²) < 4.78 is 54.4. The lowest BCUT2D eigenvalue weighted by Crippen LogP contribution is -2.46. The van der Waals surface area contributed by atoms with Crippen LogP contribution in [-0.2, 0) is 21.3 Å². The van der Waals surface area contributed by atoms with Crippen LogP contribution >= 0.6 is 0 Å². The molecule has 6 nitrogen and oxygen atoms in total. The fourth-order valence-electron chi connectivity index (χ4n) is 4.48. The number of nitrogens with zero attached hydrogens (tertiary/aromatic N) is 1. The number of hydrogen-bond donors (Lipinski definition) is 1. The van der Waals surface area contributed by atoms with E-state index in [0.717, 1.165) is 19.4 Å². The van der Waals surface area contributed by atoms with Crippen molar-refractivity contribution in [3.8, 4) is 16.9 Å². The summed E-state index contributed by atoms with van der Waals surface area (Å²) >= 11 is 0. The maximum absolute atomic E-state index is 14.3. The molecule has 0 saturated carbocycles. The number of rotatable bonds is 6. The minimum atomic E-state index is -3.78. The minimum Gasteiger partial charge on any atom is -0.492 e. The van der Waals surface area contributed by atoms with Gasteiger partial charge in [-0.25, -0.2) is 12.8 Å². The van der Waals surface area contributed by atoms with E-state index < -0.39 is 15.8 Å². The highest BCUT2D eigenvalue weighted by Crippen LogP contribution is 2.39. The second-order valence-electron chi connectivity index (χ2n) is 8.14. The van der Waals surface area contributed by atoms with Crippen molar-refractivity contribution in [2.75, 3.05) is 26.3 Å². The summed E-state index contributed by atoms with van der Waals surface area (Å²) in [6.07, 6.45) is 3.41. The summed E-state index contributed by atoms with van der Waals surface area (Å²) in [5.41, 5.74) is 6.99. The Labute approximate surface area is 183 Å². The quantitative estimate of drug-likeness (QED) is 0.729. The van der Waals surface area contributed by atoms with Crippen LogP contribution in [0.3, 0.4) is 0 Å². The third-order valence-corrected chi connectivity index (χ3v) is 8.21. The van der Waals surface area contributed by atoms with Gasteiger partial charge in [0.2, 0.25) is 10.0 Å². The van der Waals surface area contributed by atoms with Gasteiger partial charge in [0.05, 0.1) is 12.2 Å². The Morgan fingerprint density at radius 1 is 1.13 bits per heavy atom. The number of benzene rings is 2. The Bertz CT molecular complexity index is 1040. The van der Waals surface area contributed by atoms with Gasteiger partial charge in [-0.05, 0) is 61.9 Å². The van der Waals surface area contributed by atoms with Gasteiger partial charge in [-0.15, -0.1) is 0 Å². The smallest absolute Gasteiger partial charge is 0.246 e. The first-order valence-corrected chi connectivity index (χ1v) is 12.2. The number of halogens is 1. The predicted octanol–water partition coefficient (Wildman–Crippen LogP) is 3.68. The van der Waals surface area contributed by atoms with Crippen LogP contribution in [0.1, 0.15) is 38.2 Å². The number of piperidine rings is 1. The molecule has 2 aliphatic heterocycles. The van der Waals surface area contributed by atoms with E-state index >= 15 is 0 Å². The summed E-state index contributed by atoms with van der Waals surface area (Å²) in [4.78, 5) is 0.110. The normalized spacial score (nSPS) is 19.1. The lowest BCUT2D eigenvalue weighted by molar-refractivity contribution is -0.0309. The standard InChI is InChI=1S/C23H29FN2O4S/c1-2-29-21-7-6-18(17-4-5-19(16-25)20(24)14-17)15-22(21)31(27,28)26-11-9-23(10-12-26)8-3-13-30-23/h4-7,14-15H,2-3,8-13,16,25H2,1H3. The van der Waals surface area contributed by atoms with Crippen molar-refractivity contribution in [3.63, 3.8) is 0 Å². The fraction of sp³-hybridized carbons (Fsp3) is 0.478. The molecule has 0 atom stereocenters. The highest BCUT2D eigenvalue weighted by Gasteiger charge is 2.42. The molecule has 0 radical (unpaired) electrons. The lowest BCUT2D eigenvalue weighted by Gasteiger charge is -2.38. The van der Waals surface area contributed by atoms with Gasteiger partial charge in [0.15, 0.2) is 0 Å². The topological polar surface area (TPSA) is 81.9 Å². The summed E-state index contributed by atoms with van der Waals surface area (Å²) in [6, 6.07) is 9.73. The molecular weight excluding hydrogens is 419 g/mol. The minimum absolute atomic E-state index is 0.106. The van der Waals surface area contributed by atoms with Gasteiger partial charge in [-0.1, -0.05) is 18.2 Å². The average molecular weight is 449 g/mol. The van der Waals surface area contributed by atoms with Crippen molar-refractivity contribution >= 4 is 10.0 Å². The largest absolute Gasteiger partial charge is 0.492 e. The number of hydrogen-bond acceptors (Lipinski definition) is 5. The molecule has 2 aliphatic rings. The molecule has 0 amide bonds. The fourth-order valence-corrected chi connectivity index (χ4v) is 6.08. The Morgan fingerprint density at radius 2 is 1.84 bits per heavy atom. The molecule has 0 aliphatic carbocycles. The van der Waals surface area contributed by atoms with Crippen LogP contribution in [0.2, 0.25) is 0 Å². The van der Waals surface area contributed by atoms with E-state index in [1.807, 2.05) is 6.92 Å². The second kappa shape index (κ2) is 8.86. The summed E-state index contributed by atoms with van der Waals surface area (Å²) in [5.74, 6) is -0.0983. The van der Waals surface area contributed by atoms with Gasteiger partial charge in [0, 0.05) is 31.8 Å². The molecule has 8 heteroatoms. The third-order valence-electron chi connectivity index (χ3n) is 6.29. The maximum atomic E-state index is 14.3. The van der Waals surface area contributed by atoms with E-state index in [9.17, 15) is 12.8 Å². The number of nitrogens with two attached hydrogens (primary N) is 1. The molecule has 168 valence electrons. The van der Waals surface area contributed by atoms with Gasteiger partial charge in [-0.3, -0.25) is 0 Å². The molecule has 1 spiro atoms. The summed E-state index contributed by atoms with van der Waals surface area (Å²) in [6.45, 7) is 3.85. The molecule has 0 unspecified atom stereocenters. The highest BCUT2D eigenvalue weighted by molar-refractivity contribution is 7.89. The Hall–Kier alpha value is -2.00. The molecule has 2 fully saturated rings. The van der Waals surface area contributed by atoms with E-state index in [1.165, 1.54) is 10.4 Å². The lowest BCUT2D eigenvalue weighted by atomic mass is 9.90. The zero-order chi connectivity index (χ0) is 22.1. The van der Waals surface area contributed by atoms with Crippen molar-refractivity contribution in [2.24, 2.45) is 5.73 Å². The van der Waals surface area contributed by atoms with Gasteiger partial charge in [0.1, 0.15) is 16.5 Å². The second-order valence-corrected chi connectivity index (χ2v) is 10.1. The van der Waals surface area contributed by atoms with Crippen molar-refractivity contribution in [1.29, 1.82) is 0 Å². The number of ether oxygens (including phenoxy) is 2. The average Bonchev–Trinajstić information content (AvgIpc) is 3.22. The molecule has 4 rings (SSSR count). The predicted molar refractivity (Wildman–Crippen MR) is 117 cm³/mol. The molecule has 2 aromatic carbocycles. The van der Waals surface area contributed by atoms with Gasteiger partial charge >= 0.3 is 0 Å². The van der Waals surface area contributed by atoms with Crippen LogP contribution < -0.4 is 10.5 Å². The molecular formula is C23H29FN2O4S. The maximum Gasteiger partial charge on any atom is 0.246 e. The Morgan fingerprint density at radius 3 is 2.45 bits per heavy atom. The van der Waals surface area contributed by atoms with E-state index in [-0.39, 0.29) is 17.0 Å². The number of sulfonamides is 1. The van der Waals surface area contributed by atoms with Crippen LogP contribution in [0.25, 0.3) is 11.1 Å². The van der Waals surface area contributed by atoms with Gasteiger partial charge in [0.25, 0.3) is 0 Å². The van der Waals surface area contributed by atoms with Crippen LogP contribution in [0, 0.1) is 5.82 Å². The first kappa shape index (κ1) is 22.2. The van der Waals surface area contributed by atoms with Crippen LogP contribution in [0.5, 0.6) is 5.75 Å². The first-order valence-electron chi connectivity index (χ1n) is 10.8. The van der Waals surface area contributed by atoms with Gasteiger partial charge < -0.3 is 15.2 Å². The van der Waals surface area contributed by atoms with Gasteiger partial charge in [-0.2, -0.15) is 4.31 Å². The highest BCUT2D eigenvalue weighted by atomic mass is 32.2. The van der Waals surface area contributed by atoms with Crippen LogP contribution in [0.4, 0.5) is 4.39 Å². The zero-order valence-corrected chi connectivity index (χ0v) is 18.6.